The SMILES string of the molecule is O=COc1[nH]ncc1Cl. The minimum Gasteiger partial charge on any atom is -0.409 e. The first-order valence-corrected chi connectivity index (χ1v) is 2.51. The largest absolute Gasteiger partial charge is 0.409 e. The zero-order valence-corrected chi connectivity index (χ0v) is 5.05. The Labute approximate surface area is 55.8 Å². The zero-order chi connectivity index (χ0) is 6.69. The molecule has 0 radical (unpaired) electrons. The van der Waals surface area contributed by atoms with Crippen LogP contribution in [0.25, 0.3) is 0 Å². The third kappa shape index (κ3) is 1.20. The molecule has 9 heavy (non-hydrogen) atoms. The van der Waals surface area contributed by atoms with E-state index in [2.05, 4.69) is 14.9 Å². The van der Waals surface area contributed by atoms with Crippen LogP contribution in [0, 0.1) is 0 Å². The maximum atomic E-state index is 9.70. The Bertz CT molecular complexity index is 210. The maximum Gasteiger partial charge on any atom is 0.299 e. The second-order valence-electron chi connectivity index (χ2n) is 1.26. The predicted octanol–water partition coefficient (Wildman–Crippen LogP) is 0.598. The van der Waals surface area contributed by atoms with Crippen LogP contribution in [0.5, 0.6) is 5.88 Å². The maximum absolute atomic E-state index is 9.70. The first kappa shape index (κ1) is 6.10. The summed E-state index contributed by atoms with van der Waals surface area (Å²) < 4.78 is 4.35. The van der Waals surface area contributed by atoms with Crippen LogP contribution in [0.15, 0.2) is 6.20 Å². The van der Waals surface area contributed by atoms with Crippen molar-refractivity contribution in [2.75, 3.05) is 0 Å². The molecule has 0 saturated carbocycles. The number of carbonyl (C=O) groups is 1. The molecule has 1 aromatic heterocycles. The number of H-pyrrole nitrogens is 1. The highest BCUT2D eigenvalue weighted by molar-refractivity contribution is 6.31. The summed E-state index contributed by atoms with van der Waals surface area (Å²) in [7, 11) is 0. The van der Waals surface area contributed by atoms with E-state index >= 15 is 0 Å². The highest BCUT2D eigenvalue weighted by Crippen LogP contribution is 2.18. The molecule has 0 bridgehead atoms. The number of hydrogen-bond acceptors (Lipinski definition) is 3. The van der Waals surface area contributed by atoms with Crippen molar-refractivity contribution in [1.29, 1.82) is 0 Å². The molecule has 48 valence electrons. The Morgan fingerprint density at radius 1 is 1.89 bits per heavy atom. The molecule has 0 atom stereocenters. The van der Waals surface area contributed by atoms with Gasteiger partial charge in [0.25, 0.3) is 6.47 Å². The van der Waals surface area contributed by atoms with Crippen molar-refractivity contribution in [2.45, 2.75) is 0 Å². The fourth-order valence-electron chi connectivity index (χ4n) is 0.390. The van der Waals surface area contributed by atoms with Crippen LogP contribution in [0.3, 0.4) is 0 Å². The average molecular weight is 147 g/mol. The molecular weight excluding hydrogens is 144 g/mol. The standard InChI is InChI=1S/C4H3ClN2O2/c5-3-1-6-7-4(3)9-2-8/h1-2H,(H,6,7). The van der Waals surface area contributed by atoms with E-state index in [0.717, 1.165) is 0 Å². The van der Waals surface area contributed by atoms with Crippen LogP contribution in [0.4, 0.5) is 0 Å². The summed E-state index contributed by atoms with van der Waals surface area (Å²) in [6, 6.07) is 0. The van der Waals surface area contributed by atoms with Gasteiger partial charge in [-0.25, -0.2) is 5.10 Å². The van der Waals surface area contributed by atoms with E-state index in [0.29, 0.717) is 5.02 Å². The Hall–Kier alpha value is -1.03. The van der Waals surface area contributed by atoms with Crippen LogP contribution in [-0.2, 0) is 4.79 Å². The Balaban J connectivity index is 2.80. The Morgan fingerprint density at radius 2 is 2.67 bits per heavy atom. The molecule has 0 saturated heterocycles. The van der Waals surface area contributed by atoms with Gasteiger partial charge in [-0.15, -0.1) is 0 Å². The van der Waals surface area contributed by atoms with E-state index in [1.54, 1.807) is 0 Å². The fraction of sp³-hybridized carbons (Fsp3) is 0. The first-order valence-electron chi connectivity index (χ1n) is 2.13. The summed E-state index contributed by atoms with van der Waals surface area (Å²) in [4.78, 5) is 9.70. The van der Waals surface area contributed by atoms with Gasteiger partial charge in [-0.05, 0) is 0 Å². The van der Waals surface area contributed by atoms with E-state index in [9.17, 15) is 4.79 Å². The number of ether oxygens (including phenoxy) is 1. The van der Waals surface area contributed by atoms with Crippen molar-refractivity contribution in [3.8, 4) is 5.88 Å². The van der Waals surface area contributed by atoms with Gasteiger partial charge in [0, 0.05) is 0 Å². The Morgan fingerprint density at radius 3 is 3.11 bits per heavy atom. The highest BCUT2D eigenvalue weighted by Gasteiger charge is 2.00. The number of carbonyl (C=O) groups excluding carboxylic acids is 1. The van der Waals surface area contributed by atoms with Gasteiger partial charge in [0.2, 0.25) is 5.88 Å². The van der Waals surface area contributed by atoms with E-state index in [-0.39, 0.29) is 12.4 Å². The molecule has 0 aliphatic carbocycles. The predicted molar refractivity (Wildman–Crippen MR) is 30.3 cm³/mol. The van der Waals surface area contributed by atoms with Gasteiger partial charge in [-0.2, -0.15) is 5.10 Å². The highest BCUT2D eigenvalue weighted by atomic mass is 35.5. The third-order valence-corrected chi connectivity index (χ3v) is 0.996. The molecule has 0 spiro atoms. The molecule has 0 unspecified atom stereocenters. The molecule has 1 rings (SSSR count). The number of aromatic amines is 1. The topological polar surface area (TPSA) is 55.0 Å². The second-order valence-corrected chi connectivity index (χ2v) is 1.67. The molecule has 0 amide bonds. The van der Waals surface area contributed by atoms with Gasteiger partial charge in [0.05, 0.1) is 6.20 Å². The monoisotopic (exact) mass is 146 g/mol. The van der Waals surface area contributed by atoms with Crippen molar-refractivity contribution >= 4 is 18.1 Å². The molecule has 5 heteroatoms. The van der Waals surface area contributed by atoms with E-state index in [1.165, 1.54) is 6.20 Å². The van der Waals surface area contributed by atoms with Gasteiger partial charge in [0.1, 0.15) is 5.02 Å². The zero-order valence-electron chi connectivity index (χ0n) is 4.30. The van der Waals surface area contributed by atoms with E-state index in [1.807, 2.05) is 0 Å². The van der Waals surface area contributed by atoms with Gasteiger partial charge < -0.3 is 4.74 Å². The average Bonchev–Trinajstić information content (AvgIpc) is 2.18. The molecule has 0 aliphatic heterocycles. The molecule has 0 fully saturated rings. The first-order chi connectivity index (χ1) is 4.34. The summed E-state index contributed by atoms with van der Waals surface area (Å²) in [5.74, 6) is 0.173. The number of aromatic nitrogens is 2. The summed E-state index contributed by atoms with van der Waals surface area (Å²) >= 11 is 5.44. The van der Waals surface area contributed by atoms with Crippen molar-refractivity contribution < 1.29 is 9.53 Å². The van der Waals surface area contributed by atoms with Crippen LogP contribution in [0.2, 0.25) is 5.02 Å². The van der Waals surface area contributed by atoms with Gasteiger partial charge >= 0.3 is 0 Å². The number of rotatable bonds is 2. The number of halogens is 1. The molecule has 0 aromatic carbocycles. The lowest BCUT2D eigenvalue weighted by molar-refractivity contribution is -0.120. The van der Waals surface area contributed by atoms with Crippen LogP contribution >= 0.6 is 11.6 Å². The molecule has 4 nitrogen and oxygen atoms in total. The van der Waals surface area contributed by atoms with E-state index in [4.69, 9.17) is 11.6 Å². The summed E-state index contributed by atoms with van der Waals surface area (Å²) in [5.41, 5.74) is 0. The smallest absolute Gasteiger partial charge is 0.299 e. The number of nitrogens with zero attached hydrogens (tertiary/aromatic N) is 1. The second kappa shape index (κ2) is 2.50. The fourth-order valence-corrected chi connectivity index (χ4v) is 0.526. The lowest BCUT2D eigenvalue weighted by atomic mass is 10.7. The van der Waals surface area contributed by atoms with Crippen molar-refractivity contribution in [3.63, 3.8) is 0 Å². The van der Waals surface area contributed by atoms with E-state index < -0.39 is 0 Å². The third-order valence-electron chi connectivity index (χ3n) is 0.727. The lowest BCUT2D eigenvalue weighted by Crippen LogP contribution is -1.88. The molecular formula is C4H3ClN2O2. The van der Waals surface area contributed by atoms with Gasteiger partial charge in [-0.1, -0.05) is 11.6 Å². The van der Waals surface area contributed by atoms with Crippen LogP contribution < -0.4 is 4.74 Å². The molecule has 1 aromatic rings. The van der Waals surface area contributed by atoms with Gasteiger partial charge in [0.15, 0.2) is 0 Å². The quantitative estimate of drug-likeness (QED) is 0.622. The molecule has 0 aliphatic rings. The minimum atomic E-state index is 0.173. The van der Waals surface area contributed by atoms with Crippen molar-refractivity contribution in [1.82, 2.24) is 10.2 Å². The van der Waals surface area contributed by atoms with Crippen molar-refractivity contribution in [2.24, 2.45) is 0 Å². The number of hydrogen-bond donors (Lipinski definition) is 1. The summed E-state index contributed by atoms with van der Waals surface area (Å²) in [6.07, 6.45) is 1.35. The summed E-state index contributed by atoms with van der Waals surface area (Å²) in [6.45, 7) is 0.277. The van der Waals surface area contributed by atoms with Crippen LogP contribution in [0.1, 0.15) is 0 Å². The summed E-state index contributed by atoms with van der Waals surface area (Å²) in [5, 5.41) is 6.16. The van der Waals surface area contributed by atoms with Crippen LogP contribution in [-0.4, -0.2) is 16.7 Å². The van der Waals surface area contributed by atoms with Gasteiger partial charge in [-0.3, -0.25) is 4.79 Å². The number of nitrogens with one attached hydrogen (secondary N) is 1. The molecule has 1 N–H and O–H groups in total. The molecule has 1 heterocycles. The normalized spacial score (nSPS) is 9.00. The van der Waals surface area contributed by atoms with Crippen molar-refractivity contribution in [3.05, 3.63) is 11.2 Å². The Kier molecular flexibility index (Phi) is 1.69. The lowest BCUT2D eigenvalue weighted by Gasteiger charge is -1.88. The minimum absolute atomic E-state index is 0.173.